The third-order valence-corrected chi connectivity index (χ3v) is 3.24. The van der Waals surface area contributed by atoms with Crippen molar-refractivity contribution in [1.29, 1.82) is 0 Å². The minimum absolute atomic E-state index is 0.0216. The fraction of sp³-hybridized carbons (Fsp3) is 1.00. The lowest BCUT2D eigenvalue weighted by Crippen LogP contribution is -2.47. The van der Waals surface area contributed by atoms with Crippen molar-refractivity contribution in [2.24, 2.45) is 5.92 Å². The van der Waals surface area contributed by atoms with Crippen molar-refractivity contribution in [1.82, 2.24) is 9.03 Å². The molecule has 0 saturated heterocycles. The molecule has 104 valence electrons. The summed E-state index contributed by atoms with van der Waals surface area (Å²) in [6.07, 6.45) is -4.64. The van der Waals surface area contributed by atoms with E-state index in [4.69, 9.17) is 5.11 Å². The van der Waals surface area contributed by atoms with Gasteiger partial charge in [0, 0.05) is 13.1 Å². The Morgan fingerprint density at radius 3 is 2.24 bits per heavy atom. The summed E-state index contributed by atoms with van der Waals surface area (Å²) in [7, 11) is -4.21. The number of hydrogen-bond acceptors (Lipinski definition) is 3. The van der Waals surface area contributed by atoms with Crippen molar-refractivity contribution in [3.63, 3.8) is 0 Å². The van der Waals surface area contributed by atoms with Crippen LogP contribution in [-0.2, 0) is 10.2 Å². The van der Waals surface area contributed by atoms with Gasteiger partial charge in [-0.15, -0.1) is 0 Å². The summed E-state index contributed by atoms with van der Waals surface area (Å²) >= 11 is 0. The lowest BCUT2D eigenvalue weighted by Gasteiger charge is -2.23. The molecule has 0 atom stereocenters. The fourth-order valence-electron chi connectivity index (χ4n) is 0.959. The van der Waals surface area contributed by atoms with Gasteiger partial charge >= 0.3 is 6.18 Å². The molecule has 2 N–H and O–H groups in total. The second-order valence-corrected chi connectivity index (χ2v) is 5.67. The monoisotopic (exact) mass is 278 g/mol. The predicted molar refractivity (Wildman–Crippen MR) is 56.5 cm³/mol. The molecule has 0 aliphatic rings. The first-order valence-electron chi connectivity index (χ1n) is 5.01. The maximum Gasteiger partial charge on any atom is 0.402 e. The van der Waals surface area contributed by atoms with Gasteiger partial charge in [0.15, 0.2) is 0 Å². The van der Waals surface area contributed by atoms with Gasteiger partial charge in [0.25, 0.3) is 10.2 Å². The van der Waals surface area contributed by atoms with Crippen molar-refractivity contribution < 1.29 is 26.7 Å². The van der Waals surface area contributed by atoms with Crippen LogP contribution in [0.2, 0.25) is 0 Å². The number of rotatable bonds is 7. The number of halogens is 3. The van der Waals surface area contributed by atoms with Crippen LogP contribution in [-0.4, -0.2) is 50.2 Å². The van der Waals surface area contributed by atoms with Crippen LogP contribution in [0.1, 0.15) is 13.8 Å². The Morgan fingerprint density at radius 1 is 1.35 bits per heavy atom. The molecule has 0 aromatic heterocycles. The maximum absolute atomic E-state index is 12.1. The molecule has 0 aromatic rings. The van der Waals surface area contributed by atoms with Crippen LogP contribution >= 0.6 is 0 Å². The molecule has 0 bridgehead atoms. The van der Waals surface area contributed by atoms with Crippen LogP contribution in [0.5, 0.6) is 0 Å². The summed E-state index contributed by atoms with van der Waals surface area (Å²) in [5.74, 6) is -0.0216. The lowest BCUT2D eigenvalue weighted by atomic mass is 10.2. The van der Waals surface area contributed by atoms with Crippen molar-refractivity contribution in [2.45, 2.75) is 20.0 Å². The van der Waals surface area contributed by atoms with Crippen LogP contribution in [0, 0.1) is 5.92 Å². The van der Waals surface area contributed by atoms with Crippen molar-refractivity contribution in [3.8, 4) is 0 Å². The van der Waals surface area contributed by atoms with Gasteiger partial charge in [-0.1, -0.05) is 13.8 Å². The van der Waals surface area contributed by atoms with E-state index in [-0.39, 0.29) is 16.8 Å². The summed E-state index contributed by atoms with van der Waals surface area (Å²) < 4.78 is 61.7. The third-order valence-electron chi connectivity index (χ3n) is 1.72. The first-order chi connectivity index (χ1) is 7.58. The first-order valence-corrected chi connectivity index (χ1v) is 6.45. The molecule has 0 rings (SSSR count). The molecule has 0 aliphatic carbocycles. The highest BCUT2D eigenvalue weighted by Crippen LogP contribution is 2.17. The van der Waals surface area contributed by atoms with Crippen LogP contribution in [0.25, 0.3) is 0 Å². The summed E-state index contributed by atoms with van der Waals surface area (Å²) in [6, 6.07) is 0. The van der Waals surface area contributed by atoms with E-state index in [1.54, 1.807) is 13.8 Å². The van der Waals surface area contributed by atoms with Gasteiger partial charge in [0.2, 0.25) is 0 Å². The van der Waals surface area contributed by atoms with E-state index in [9.17, 15) is 21.6 Å². The van der Waals surface area contributed by atoms with Gasteiger partial charge in [-0.2, -0.15) is 25.9 Å². The number of nitrogens with one attached hydrogen (secondary N) is 1. The average Bonchev–Trinajstić information content (AvgIpc) is 2.12. The van der Waals surface area contributed by atoms with E-state index in [2.05, 4.69) is 4.72 Å². The van der Waals surface area contributed by atoms with Gasteiger partial charge in [-0.05, 0) is 5.92 Å². The van der Waals surface area contributed by atoms with Gasteiger partial charge in [0.1, 0.15) is 6.54 Å². The lowest BCUT2D eigenvalue weighted by molar-refractivity contribution is -0.136. The molecule has 0 unspecified atom stereocenters. The Hall–Kier alpha value is -0.380. The zero-order chi connectivity index (χ0) is 13.7. The van der Waals surface area contributed by atoms with Gasteiger partial charge in [0.05, 0.1) is 6.61 Å². The Labute approximate surface area is 98.8 Å². The first kappa shape index (κ1) is 16.6. The smallest absolute Gasteiger partial charge is 0.395 e. The summed E-state index contributed by atoms with van der Waals surface area (Å²) in [5.41, 5.74) is 0. The topological polar surface area (TPSA) is 69.6 Å². The van der Waals surface area contributed by atoms with Crippen LogP contribution in [0.3, 0.4) is 0 Å². The standard InChI is InChI=1S/C8H17F3N2O3S/c1-7(2)5-12-17(15,16)13(3-4-14)6-8(9,10)11/h7,12,14H,3-6H2,1-2H3. The second-order valence-electron chi connectivity index (χ2n) is 3.92. The SMILES string of the molecule is CC(C)CNS(=O)(=O)N(CCO)CC(F)(F)F. The number of aliphatic hydroxyl groups is 1. The number of nitrogens with zero attached hydrogens (tertiary/aromatic N) is 1. The molecule has 0 amide bonds. The molecule has 0 aromatic carbocycles. The molecule has 0 fully saturated rings. The molecule has 0 spiro atoms. The average molecular weight is 278 g/mol. The highest BCUT2D eigenvalue weighted by Gasteiger charge is 2.35. The van der Waals surface area contributed by atoms with Crippen LogP contribution in [0.15, 0.2) is 0 Å². The van der Waals surface area contributed by atoms with E-state index < -0.39 is 36.1 Å². The summed E-state index contributed by atoms with van der Waals surface area (Å²) in [6.45, 7) is 0.625. The van der Waals surface area contributed by atoms with Crippen molar-refractivity contribution in [3.05, 3.63) is 0 Å². The van der Waals surface area contributed by atoms with Gasteiger partial charge in [-0.3, -0.25) is 0 Å². The molecule has 0 heterocycles. The second kappa shape index (κ2) is 6.53. The molecular formula is C8H17F3N2O3S. The predicted octanol–water partition coefficient (Wildman–Crippen LogP) is 0.333. The van der Waals surface area contributed by atoms with Crippen LogP contribution < -0.4 is 4.72 Å². The largest absolute Gasteiger partial charge is 0.402 e. The minimum atomic E-state index is -4.64. The Morgan fingerprint density at radius 2 is 1.88 bits per heavy atom. The highest BCUT2D eigenvalue weighted by molar-refractivity contribution is 7.87. The quantitative estimate of drug-likeness (QED) is 0.705. The zero-order valence-electron chi connectivity index (χ0n) is 9.66. The maximum atomic E-state index is 12.1. The number of hydrogen-bond donors (Lipinski definition) is 2. The third kappa shape index (κ3) is 7.53. The van der Waals surface area contributed by atoms with Crippen LogP contribution in [0.4, 0.5) is 13.2 Å². The van der Waals surface area contributed by atoms with Crippen molar-refractivity contribution >= 4 is 10.2 Å². The molecule has 0 radical (unpaired) electrons. The number of aliphatic hydroxyl groups excluding tert-OH is 1. The molecular weight excluding hydrogens is 261 g/mol. The Kier molecular flexibility index (Phi) is 6.38. The van der Waals surface area contributed by atoms with E-state index in [0.717, 1.165) is 0 Å². The van der Waals surface area contributed by atoms with E-state index >= 15 is 0 Å². The van der Waals surface area contributed by atoms with Gasteiger partial charge in [-0.25, -0.2) is 4.72 Å². The molecule has 5 nitrogen and oxygen atoms in total. The Balaban J connectivity index is 4.67. The van der Waals surface area contributed by atoms with Gasteiger partial charge < -0.3 is 5.11 Å². The minimum Gasteiger partial charge on any atom is -0.395 e. The van der Waals surface area contributed by atoms with Crippen molar-refractivity contribution in [2.75, 3.05) is 26.2 Å². The molecule has 0 saturated carbocycles. The molecule has 0 aliphatic heterocycles. The fourth-order valence-corrected chi connectivity index (χ4v) is 2.32. The number of alkyl halides is 3. The normalized spacial score (nSPS) is 13.6. The Bertz CT molecular complexity index is 316. The highest BCUT2D eigenvalue weighted by atomic mass is 32.2. The zero-order valence-corrected chi connectivity index (χ0v) is 10.5. The molecule has 17 heavy (non-hydrogen) atoms. The van der Waals surface area contributed by atoms with E-state index in [1.165, 1.54) is 0 Å². The molecule has 9 heteroatoms. The summed E-state index contributed by atoms with van der Waals surface area (Å²) in [4.78, 5) is 0. The summed E-state index contributed by atoms with van der Waals surface area (Å²) in [5, 5.41) is 8.57. The van der Waals surface area contributed by atoms with E-state index in [0.29, 0.717) is 0 Å². The van der Waals surface area contributed by atoms with E-state index in [1.807, 2.05) is 0 Å².